The Morgan fingerprint density at radius 3 is 2.69 bits per heavy atom. The van der Waals surface area contributed by atoms with E-state index >= 15 is 0 Å². The molecule has 32 heavy (non-hydrogen) atoms. The Morgan fingerprint density at radius 2 is 2.06 bits per heavy atom. The van der Waals surface area contributed by atoms with Gasteiger partial charge in [-0.25, -0.2) is 36.7 Å². The molecule has 2 saturated carbocycles. The predicted octanol–water partition coefficient (Wildman–Crippen LogP) is 1.89. The lowest BCUT2D eigenvalue weighted by atomic mass is 9.86. The van der Waals surface area contributed by atoms with Gasteiger partial charge in [0.1, 0.15) is 5.82 Å². The van der Waals surface area contributed by atoms with E-state index in [9.17, 15) is 22.0 Å². The van der Waals surface area contributed by atoms with Gasteiger partial charge in [0.15, 0.2) is 5.82 Å². The number of sulfonamides is 1. The van der Waals surface area contributed by atoms with Crippen molar-refractivity contribution in [3.8, 4) is 0 Å². The summed E-state index contributed by atoms with van der Waals surface area (Å²) in [5, 5.41) is 0. The van der Waals surface area contributed by atoms with E-state index in [1.807, 2.05) is 0 Å². The van der Waals surface area contributed by atoms with E-state index in [0.717, 1.165) is 25.7 Å². The minimum absolute atomic E-state index is 0.0649. The molecular formula is C20H28F2N4O5S. The molecule has 178 valence electrons. The lowest BCUT2D eigenvalue weighted by Crippen LogP contribution is -2.50. The topological polar surface area (TPSA) is 111 Å². The van der Waals surface area contributed by atoms with Crippen LogP contribution < -0.4 is 4.72 Å². The van der Waals surface area contributed by atoms with Crippen molar-refractivity contribution in [1.29, 1.82) is 0 Å². The third kappa shape index (κ3) is 4.44. The second-order valence-electron chi connectivity index (χ2n) is 8.99. The number of ether oxygens (including phenoxy) is 2. The zero-order valence-corrected chi connectivity index (χ0v) is 18.9. The first-order chi connectivity index (χ1) is 15.2. The molecule has 6 atom stereocenters. The van der Waals surface area contributed by atoms with Crippen LogP contribution in [0, 0.1) is 11.7 Å². The summed E-state index contributed by atoms with van der Waals surface area (Å²) in [6.45, 7) is 1.89. The van der Waals surface area contributed by atoms with Crippen molar-refractivity contribution in [3.63, 3.8) is 0 Å². The molecule has 2 aliphatic carbocycles. The Labute approximate surface area is 185 Å². The summed E-state index contributed by atoms with van der Waals surface area (Å²) >= 11 is 0. The molecule has 3 fully saturated rings. The molecule has 1 aromatic rings. The van der Waals surface area contributed by atoms with Gasteiger partial charge in [0.25, 0.3) is 0 Å². The summed E-state index contributed by atoms with van der Waals surface area (Å²) in [4.78, 5) is 22.1. The Balaban J connectivity index is 1.40. The van der Waals surface area contributed by atoms with E-state index < -0.39 is 40.0 Å². The van der Waals surface area contributed by atoms with Gasteiger partial charge >= 0.3 is 6.09 Å². The fourth-order valence-electron chi connectivity index (χ4n) is 5.36. The number of hydrogen-bond acceptors (Lipinski definition) is 7. The number of nitrogens with one attached hydrogen (secondary N) is 1. The number of halogens is 2. The Morgan fingerprint density at radius 1 is 1.34 bits per heavy atom. The second-order valence-corrected chi connectivity index (χ2v) is 10.7. The number of amides is 1. The van der Waals surface area contributed by atoms with Crippen LogP contribution in [0.5, 0.6) is 0 Å². The third-order valence-corrected chi connectivity index (χ3v) is 7.96. The number of nitrogens with zero attached hydrogens (tertiary/aromatic N) is 3. The average Bonchev–Trinajstić information content (AvgIpc) is 3.42. The van der Waals surface area contributed by atoms with Crippen molar-refractivity contribution >= 4 is 16.1 Å². The van der Waals surface area contributed by atoms with E-state index in [-0.39, 0.29) is 24.2 Å². The minimum Gasteiger partial charge on any atom is -0.453 e. The zero-order valence-electron chi connectivity index (χ0n) is 18.0. The molecule has 9 nitrogen and oxygen atoms in total. The summed E-state index contributed by atoms with van der Waals surface area (Å²) in [6.07, 6.45) is 5.34. The van der Waals surface area contributed by atoms with Crippen LogP contribution in [0.15, 0.2) is 12.4 Å². The molecule has 1 aliphatic heterocycles. The highest BCUT2D eigenvalue weighted by Gasteiger charge is 2.60. The smallest absolute Gasteiger partial charge is 0.410 e. The number of likely N-dealkylation sites (tertiary alicyclic amines) is 1. The van der Waals surface area contributed by atoms with Crippen LogP contribution in [0.3, 0.4) is 0 Å². The van der Waals surface area contributed by atoms with Crippen LogP contribution in [0.1, 0.15) is 44.9 Å². The fraction of sp³-hybridized carbons (Fsp3) is 0.750. The van der Waals surface area contributed by atoms with Crippen molar-refractivity contribution in [1.82, 2.24) is 19.6 Å². The molecule has 0 spiro atoms. The summed E-state index contributed by atoms with van der Waals surface area (Å²) in [6, 6.07) is -3.09. The first-order valence-electron chi connectivity index (χ1n) is 10.7. The second kappa shape index (κ2) is 8.79. The van der Waals surface area contributed by atoms with Crippen molar-refractivity contribution in [2.75, 3.05) is 19.7 Å². The van der Waals surface area contributed by atoms with Gasteiger partial charge in [-0.15, -0.1) is 0 Å². The summed E-state index contributed by atoms with van der Waals surface area (Å²) in [5.41, 5.74) is -0.118. The van der Waals surface area contributed by atoms with E-state index in [0.29, 0.717) is 18.2 Å². The van der Waals surface area contributed by atoms with Crippen LogP contribution in [-0.4, -0.2) is 73.3 Å². The molecule has 0 bridgehead atoms. The third-order valence-electron chi connectivity index (χ3n) is 7.01. The summed E-state index contributed by atoms with van der Waals surface area (Å²) in [7, 11) is -2.83. The van der Waals surface area contributed by atoms with Gasteiger partial charge in [-0.3, -0.25) is 4.90 Å². The van der Waals surface area contributed by atoms with Crippen molar-refractivity contribution < 1.29 is 31.5 Å². The molecule has 0 radical (unpaired) electrons. The first-order valence-corrected chi connectivity index (χ1v) is 12.4. The predicted molar refractivity (Wildman–Crippen MR) is 109 cm³/mol. The molecule has 1 aromatic heterocycles. The van der Waals surface area contributed by atoms with Crippen molar-refractivity contribution in [2.24, 2.45) is 5.92 Å². The molecule has 0 aromatic carbocycles. The number of carbonyl (C=O) groups is 1. The summed E-state index contributed by atoms with van der Waals surface area (Å²) in [5.74, 6) is 0.551. The van der Waals surface area contributed by atoms with Gasteiger partial charge in [-0.2, -0.15) is 0 Å². The number of methoxy groups -OCH3 is 1. The Bertz CT molecular complexity index is 950. The molecule has 0 unspecified atom stereocenters. The average molecular weight is 475 g/mol. The Hall–Kier alpha value is -1.92. The SMILES string of the molecule is COC(=O)N1[C@H](C)C[C@H](NS(=O)(=O)CF)[C@@H]1CO[C@H]1CC[C@@]2(c3ncc(F)cn3)C[C@H]2C1. The Kier molecular flexibility index (Phi) is 6.38. The number of rotatable bonds is 7. The molecule has 1 amide bonds. The van der Waals surface area contributed by atoms with Crippen LogP contribution in [-0.2, 0) is 24.9 Å². The van der Waals surface area contributed by atoms with E-state index in [1.165, 1.54) is 24.4 Å². The standard InChI is InChI=1S/C20H28F2N4O5S/c1-12-5-16(25-32(28,29)11-21)17(26(12)19(27)30-2)10-31-15-3-4-20(7-13(20)6-15)18-23-8-14(22)9-24-18/h8-9,12-13,15-17,25H,3-7,10-11H2,1-2H3/t12-,13-,15+,16+,17+,20-/m1/s1. The zero-order chi connectivity index (χ0) is 23.1. The highest BCUT2D eigenvalue weighted by Crippen LogP contribution is 2.61. The van der Waals surface area contributed by atoms with Crippen LogP contribution in [0.4, 0.5) is 13.6 Å². The van der Waals surface area contributed by atoms with Gasteiger partial charge < -0.3 is 9.47 Å². The normalized spacial score (nSPS) is 34.2. The minimum atomic E-state index is -4.09. The molecule has 4 rings (SSSR count). The van der Waals surface area contributed by atoms with Crippen LogP contribution >= 0.6 is 0 Å². The van der Waals surface area contributed by atoms with Crippen molar-refractivity contribution in [3.05, 3.63) is 24.0 Å². The maximum absolute atomic E-state index is 13.2. The quantitative estimate of drug-likeness (QED) is 0.642. The molecular weight excluding hydrogens is 446 g/mol. The van der Waals surface area contributed by atoms with Gasteiger partial charge in [0, 0.05) is 17.5 Å². The molecule has 1 saturated heterocycles. The fourth-order valence-corrected chi connectivity index (χ4v) is 6.13. The van der Waals surface area contributed by atoms with Crippen LogP contribution in [0.25, 0.3) is 0 Å². The van der Waals surface area contributed by atoms with Gasteiger partial charge in [-0.05, 0) is 44.9 Å². The van der Waals surface area contributed by atoms with E-state index in [1.54, 1.807) is 6.92 Å². The number of carbonyl (C=O) groups excluding carboxylic acids is 1. The summed E-state index contributed by atoms with van der Waals surface area (Å²) < 4.78 is 63.0. The molecule has 2 heterocycles. The first kappa shape index (κ1) is 23.2. The monoisotopic (exact) mass is 474 g/mol. The highest BCUT2D eigenvalue weighted by molar-refractivity contribution is 7.89. The van der Waals surface area contributed by atoms with Gasteiger partial charge in [0.2, 0.25) is 16.0 Å². The maximum Gasteiger partial charge on any atom is 0.410 e. The lowest BCUT2D eigenvalue weighted by molar-refractivity contribution is -0.0103. The number of hydrogen-bond donors (Lipinski definition) is 1. The molecule has 1 N–H and O–H groups in total. The largest absolute Gasteiger partial charge is 0.453 e. The molecule has 12 heteroatoms. The number of fused-ring (bicyclic) bond motifs is 1. The number of aromatic nitrogens is 2. The van der Waals surface area contributed by atoms with Gasteiger partial charge in [0.05, 0.1) is 38.3 Å². The van der Waals surface area contributed by atoms with E-state index in [4.69, 9.17) is 9.47 Å². The lowest BCUT2D eigenvalue weighted by Gasteiger charge is -2.32. The molecule has 3 aliphatic rings. The maximum atomic E-state index is 13.2. The number of alkyl halides is 1. The highest BCUT2D eigenvalue weighted by atomic mass is 32.2. The van der Waals surface area contributed by atoms with Gasteiger partial charge in [-0.1, -0.05) is 0 Å². The van der Waals surface area contributed by atoms with Crippen molar-refractivity contribution in [2.45, 2.75) is 68.7 Å². The van der Waals surface area contributed by atoms with Crippen LogP contribution in [0.2, 0.25) is 0 Å². The van der Waals surface area contributed by atoms with E-state index in [2.05, 4.69) is 14.7 Å².